The molecular formula is C16H16N4OS. The molecular weight excluding hydrogens is 296 g/mol. The molecule has 1 heterocycles. The molecule has 0 atom stereocenters. The van der Waals surface area contributed by atoms with Crippen molar-refractivity contribution in [2.45, 2.75) is 12.1 Å². The summed E-state index contributed by atoms with van der Waals surface area (Å²) in [6.45, 7) is 2.05. The zero-order valence-corrected chi connectivity index (χ0v) is 12.9. The van der Waals surface area contributed by atoms with Crippen LogP contribution in [-0.4, -0.2) is 15.5 Å². The predicted molar refractivity (Wildman–Crippen MR) is 91.7 cm³/mol. The Morgan fingerprint density at radius 2 is 1.91 bits per heavy atom. The number of aryl methyl sites for hydroxylation is 1. The van der Waals surface area contributed by atoms with Crippen LogP contribution in [0.4, 0.5) is 5.69 Å². The normalized spacial score (nSPS) is 10.8. The van der Waals surface area contributed by atoms with Crippen LogP contribution in [0.1, 0.15) is 5.56 Å². The first-order valence-electron chi connectivity index (χ1n) is 6.85. The largest absolute Gasteiger partial charge is 0.376 e. The molecule has 0 saturated heterocycles. The molecule has 0 amide bonds. The van der Waals surface area contributed by atoms with E-state index in [0.29, 0.717) is 21.9 Å². The first-order chi connectivity index (χ1) is 10.6. The van der Waals surface area contributed by atoms with Crippen LogP contribution in [0.25, 0.3) is 10.9 Å². The zero-order valence-electron chi connectivity index (χ0n) is 12.1. The molecule has 0 bridgehead atoms. The van der Waals surface area contributed by atoms with E-state index >= 15 is 0 Å². The van der Waals surface area contributed by atoms with Crippen LogP contribution in [0.2, 0.25) is 0 Å². The van der Waals surface area contributed by atoms with E-state index in [1.165, 1.54) is 17.3 Å². The van der Waals surface area contributed by atoms with Crippen molar-refractivity contribution in [2.24, 2.45) is 0 Å². The van der Waals surface area contributed by atoms with Gasteiger partial charge in [-0.3, -0.25) is 4.79 Å². The summed E-state index contributed by atoms with van der Waals surface area (Å²) >= 11 is 1.39. The van der Waals surface area contributed by atoms with E-state index in [9.17, 15) is 4.79 Å². The number of hydrogen-bond donors (Lipinski definition) is 2. The summed E-state index contributed by atoms with van der Waals surface area (Å²) < 4.78 is 1.10. The van der Waals surface area contributed by atoms with Crippen LogP contribution >= 0.6 is 11.8 Å². The average Bonchev–Trinajstić information content (AvgIpc) is 2.54. The molecule has 0 aliphatic rings. The number of anilines is 1. The van der Waals surface area contributed by atoms with E-state index in [4.69, 9.17) is 5.84 Å². The lowest BCUT2D eigenvalue weighted by Gasteiger charge is -2.09. The maximum absolute atomic E-state index is 12.2. The van der Waals surface area contributed by atoms with Crippen molar-refractivity contribution in [3.05, 3.63) is 64.4 Å². The number of thioether (sulfide) groups is 1. The highest BCUT2D eigenvalue weighted by Crippen LogP contribution is 2.17. The van der Waals surface area contributed by atoms with Gasteiger partial charge in [0.2, 0.25) is 0 Å². The lowest BCUT2D eigenvalue weighted by molar-refractivity contribution is 0.780. The van der Waals surface area contributed by atoms with Gasteiger partial charge >= 0.3 is 0 Å². The highest BCUT2D eigenvalue weighted by molar-refractivity contribution is 7.99. The Morgan fingerprint density at radius 1 is 1.18 bits per heavy atom. The fraction of sp³-hybridized carbons (Fsp3) is 0.125. The van der Waals surface area contributed by atoms with Crippen LogP contribution in [0.5, 0.6) is 0 Å². The number of fused-ring (bicyclic) bond motifs is 1. The Kier molecular flexibility index (Phi) is 4.02. The average molecular weight is 312 g/mol. The number of aromatic nitrogens is 2. The second kappa shape index (κ2) is 6.11. The van der Waals surface area contributed by atoms with Crippen molar-refractivity contribution in [3.63, 3.8) is 0 Å². The maximum atomic E-state index is 12.2. The van der Waals surface area contributed by atoms with Crippen LogP contribution in [0.3, 0.4) is 0 Å². The van der Waals surface area contributed by atoms with Gasteiger partial charge in [0.1, 0.15) is 0 Å². The quantitative estimate of drug-likeness (QED) is 0.335. The van der Waals surface area contributed by atoms with Gasteiger partial charge < -0.3 is 11.2 Å². The molecule has 3 rings (SSSR count). The van der Waals surface area contributed by atoms with E-state index in [1.807, 2.05) is 43.3 Å². The molecule has 3 N–H and O–H groups in total. The highest BCUT2D eigenvalue weighted by Gasteiger charge is 2.08. The van der Waals surface area contributed by atoms with Gasteiger partial charge in [0, 0.05) is 5.69 Å². The number of para-hydroxylation sites is 1. The molecule has 112 valence electrons. The van der Waals surface area contributed by atoms with Crippen LogP contribution in [0.15, 0.2) is 58.5 Å². The minimum absolute atomic E-state index is 0.233. The summed E-state index contributed by atoms with van der Waals surface area (Å²) in [7, 11) is 0. The molecule has 0 aliphatic heterocycles. The van der Waals surface area contributed by atoms with Gasteiger partial charge in [0.15, 0.2) is 5.16 Å². The number of nitrogens with one attached hydrogen (secondary N) is 1. The van der Waals surface area contributed by atoms with Crippen molar-refractivity contribution in [1.82, 2.24) is 9.66 Å². The lowest BCUT2D eigenvalue weighted by Crippen LogP contribution is -2.30. The molecule has 0 radical (unpaired) electrons. The van der Waals surface area contributed by atoms with E-state index in [-0.39, 0.29) is 5.56 Å². The third kappa shape index (κ3) is 2.92. The third-order valence-electron chi connectivity index (χ3n) is 3.30. The lowest BCUT2D eigenvalue weighted by atomic mass is 10.2. The topological polar surface area (TPSA) is 72.9 Å². The zero-order chi connectivity index (χ0) is 15.5. The van der Waals surface area contributed by atoms with Gasteiger partial charge in [-0.05, 0) is 31.2 Å². The van der Waals surface area contributed by atoms with E-state index < -0.39 is 0 Å². The molecule has 0 spiro atoms. The Labute approximate surface area is 132 Å². The van der Waals surface area contributed by atoms with E-state index in [2.05, 4.69) is 10.3 Å². The second-order valence-corrected chi connectivity index (χ2v) is 5.86. The summed E-state index contributed by atoms with van der Waals surface area (Å²) in [5.74, 6) is 6.42. The number of nitrogens with two attached hydrogens (primary N) is 1. The Bertz CT molecular complexity index is 858. The summed E-state index contributed by atoms with van der Waals surface area (Å²) in [6.07, 6.45) is 0. The molecule has 0 aliphatic carbocycles. The van der Waals surface area contributed by atoms with Crippen molar-refractivity contribution < 1.29 is 0 Å². The molecule has 6 heteroatoms. The van der Waals surface area contributed by atoms with Crippen LogP contribution < -0.4 is 16.7 Å². The van der Waals surface area contributed by atoms with E-state index in [1.54, 1.807) is 12.1 Å². The van der Waals surface area contributed by atoms with Crippen LogP contribution in [0, 0.1) is 6.92 Å². The molecule has 0 saturated carbocycles. The predicted octanol–water partition coefficient (Wildman–Crippen LogP) is 2.58. The maximum Gasteiger partial charge on any atom is 0.280 e. The summed E-state index contributed by atoms with van der Waals surface area (Å²) in [5, 5.41) is 4.28. The molecule has 2 aromatic carbocycles. The van der Waals surface area contributed by atoms with Crippen molar-refractivity contribution in [3.8, 4) is 0 Å². The minimum atomic E-state index is -0.233. The first kappa shape index (κ1) is 14.5. The molecule has 3 aromatic rings. The van der Waals surface area contributed by atoms with E-state index in [0.717, 1.165) is 10.4 Å². The van der Waals surface area contributed by atoms with Gasteiger partial charge in [-0.25, -0.2) is 9.66 Å². The standard InChI is InChI=1S/C16H16N4OS/c1-11-6-8-12(9-7-11)18-10-22-16-19-14-5-3-2-4-13(14)15(21)20(16)17/h2-9,18H,10,17H2,1H3. The van der Waals surface area contributed by atoms with Crippen LogP contribution in [-0.2, 0) is 0 Å². The Morgan fingerprint density at radius 3 is 2.68 bits per heavy atom. The third-order valence-corrected chi connectivity index (χ3v) is 4.14. The number of nitrogens with zero attached hydrogens (tertiary/aromatic N) is 2. The first-order valence-corrected chi connectivity index (χ1v) is 7.84. The van der Waals surface area contributed by atoms with Gasteiger partial charge in [0.05, 0.1) is 16.8 Å². The van der Waals surface area contributed by atoms with Gasteiger partial charge in [-0.15, -0.1) is 0 Å². The molecule has 5 nitrogen and oxygen atoms in total. The number of hydrogen-bond acceptors (Lipinski definition) is 5. The summed E-state index contributed by atoms with van der Waals surface area (Å²) in [6, 6.07) is 15.3. The fourth-order valence-corrected chi connectivity index (χ4v) is 2.84. The van der Waals surface area contributed by atoms with Crippen molar-refractivity contribution in [2.75, 3.05) is 17.0 Å². The van der Waals surface area contributed by atoms with Crippen molar-refractivity contribution in [1.29, 1.82) is 0 Å². The molecule has 22 heavy (non-hydrogen) atoms. The van der Waals surface area contributed by atoms with Gasteiger partial charge in [-0.2, -0.15) is 0 Å². The monoisotopic (exact) mass is 312 g/mol. The number of rotatable bonds is 4. The van der Waals surface area contributed by atoms with Crippen molar-refractivity contribution >= 4 is 28.4 Å². The highest BCUT2D eigenvalue weighted by atomic mass is 32.2. The molecule has 0 fully saturated rings. The minimum Gasteiger partial charge on any atom is -0.376 e. The van der Waals surface area contributed by atoms with Gasteiger partial charge in [0.25, 0.3) is 5.56 Å². The Balaban J connectivity index is 1.78. The summed E-state index contributed by atoms with van der Waals surface area (Å²) in [4.78, 5) is 16.6. The number of benzene rings is 2. The second-order valence-electron chi connectivity index (χ2n) is 4.92. The SMILES string of the molecule is Cc1ccc(NCSc2nc3ccccc3c(=O)n2N)cc1. The number of nitrogen functional groups attached to an aromatic ring is 1. The smallest absolute Gasteiger partial charge is 0.280 e. The summed E-state index contributed by atoms with van der Waals surface area (Å²) in [5.41, 5.74) is 2.66. The Hall–Kier alpha value is -2.47. The molecule has 0 unspecified atom stereocenters. The molecule has 1 aromatic heterocycles. The fourth-order valence-electron chi connectivity index (χ4n) is 2.08. The van der Waals surface area contributed by atoms with Gasteiger partial charge in [-0.1, -0.05) is 41.6 Å².